The molecule has 122 valence electrons. The molecule has 0 atom stereocenters. The lowest BCUT2D eigenvalue weighted by molar-refractivity contribution is 0.0595. The highest BCUT2D eigenvalue weighted by Crippen LogP contribution is 2.20. The molecule has 0 unspecified atom stereocenters. The molecule has 1 aliphatic heterocycles. The van der Waals surface area contributed by atoms with Gasteiger partial charge in [0.15, 0.2) is 0 Å². The van der Waals surface area contributed by atoms with Gasteiger partial charge in [-0.05, 0) is 36.4 Å². The highest BCUT2D eigenvalue weighted by Gasteiger charge is 2.24. The number of para-hydroxylation sites is 1. The lowest BCUT2D eigenvalue weighted by atomic mass is 10.1. The molecule has 0 aliphatic carbocycles. The molecule has 0 saturated carbocycles. The van der Waals surface area contributed by atoms with Crippen molar-refractivity contribution in [1.29, 1.82) is 0 Å². The van der Waals surface area contributed by atoms with E-state index in [-0.39, 0.29) is 24.4 Å². The van der Waals surface area contributed by atoms with Gasteiger partial charge >= 0.3 is 0 Å². The average molecular weight is 333 g/mol. The Hall–Kier alpha value is -2.20. The lowest BCUT2D eigenvalue weighted by Crippen LogP contribution is -2.41. The van der Waals surface area contributed by atoms with Crippen LogP contribution in [0.2, 0.25) is 0 Å². The second-order valence-electron chi connectivity index (χ2n) is 5.54. The summed E-state index contributed by atoms with van der Waals surface area (Å²) >= 11 is 0. The molecule has 2 aromatic rings. The number of carbonyl (C=O) groups excluding carboxylic acids is 1. The first-order valence-corrected chi connectivity index (χ1v) is 7.59. The van der Waals surface area contributed by atoms with Crippen LogP contribution in [0, 0.1) is 0 Å². The normalized spacial score (nSPS) is 14.9. The number of halogens is 1. The summed E-state index contributed by atoms with van der Waals surface area (Å²) in [4.78, 5) is 14.3. The number of benzene rings is 2. The quantitative estimate of drug-likeness (QED) is 0.877. The Morgan fingerprint density at radius 1 is 1.00 bits per heavy atom. The molecule has 1 fully saturated rings. The van der Waals surface area contributed by atoms with Crippen molar-refractivity contribution < 1.29 is 9.53 Å². The minimum absolute atomic E-state index is 0. The maximum atomic E-state index is 12.4. The number of carbonyl (C=O) groups is 1. The molecule has 1 amide bonds. The molecule has 5 heteroatoms. The molecule has 0 spiro atoms. The van der Waals surface area contributed by atoms with Gasteiger partial charge in [0.2, 0.25) is 0 Å². The Kier molecular flexibility index (Phi) is 5.88. The van der Waals surface area contributed by atoms with E-state index in [2.05, 4.69) is 0 Å². The summed E-state index contributed by atoms with van der Waals surface area (Å²) in [6.45, 7) is 1.45. The number of hydrogen-bond acceptors (Lipinski definition) is 3. The second kappa shape index (κ2) is 7.88. The standard InChI is InChI=1S/C18H20N2O2.ClH/c19-15-8-6-14(7-9-15)18(21)20-12-10-17(11-13-20)22-16-4-2-1-3-5-16;/h1-9,17H,10-13,19H2;1H. The third kappa shape index (κ3) is 4.39. The third-order valence-electron chi connectivity index (χ3n) is 3.93. The van der Waals surface area contributed by atoms with Crippen molar-refractivity contribution in [1.82, 2.24) is 4.90 Å². The molecule has 0 aromatic heterocycles. The van der Waals surface area contributed by atoms with Gasteiger partial charge in [0.25, 0.3) is 5.91 Å². The molecule has 2 aromatic carbocycles. The van der Waals surface area contributed by atoms with Crippen LogP contribution in [-0.4, -0.2) is 30.0 Å². The van der Waals surface area contributed by atoms with E-state index in [1.807, 2.05) is 35.2 Å². The van der Waals surface area contributed by atoms with E-state index in [0.717, 1.165) is 31.7 Å². The predicted octanol–water partition coefficient (Wildman–Crippen LogP) is 3.37. The van der Waals surface area contributed by atoms with Crippen molar-refractivity contribution in [2.24, 2.45) is 0 Å². The number of amides is 1. The number of rotatable bonds is 3. The SMILES string of the molecule is Cl.Nc1ccc(C(=O)N2CCC(Oc3ccccc3)CC2)cc1. The van der Waals surface area contributed by atoms with Crippen molar-refractivity contribution >= 4 is 24.0 Å². The van der Waals surface area contributed by atoms with E-state index < -0.39 is 0 Å². The molecular weight excluding hydrogens is 312 g/mol. The number of nitrogen functional groups attached to an aromatic ring is 1. The number of piperidine rings is 1. The van der Waals surface area contributed by atoms with Gasteiger partial charge in [-0.15, -0.1) is 12.4 Å². The van der Waals surface area contributed by atoms with Crippen molar-refractivity contribution in [3.05, 3.63) is 60.2 Å². The Labute approximate surface area is 142 Å². The van der Waals surface area contributed by atoms with Crippen LogP contribution < -0.4 is 10.5 Å². The van der Waals surface area contributed by atoms with Crippen LogP contribution in [0.3, 0.4) is 0 Å². The van der Waals surface area contributed by atoms with Crippen LogP contribution in [0.25, 0.3) is 0 Å². The smallest absolute Gasteiger partial charge is 0.253 e. The number of ether oxygens (including phenoxy) is 1. The number of anilines is 1. The fourth-order valence-electron chi connectivity index (χ4n) is 2.68. The largest absolute Gasteiger partial charge is 0.490 e. The molecule has 1 saturated heterocycles. The fraction of sp³-hybridized carbons (Fsp3) is 0.278. The van der Waals surface area contributed by atoms with E-state index in [1.54, 1.807) is 24.3 Å². The van der Waals surface area contributed by atoms with Gasteiger partial charge in [0.05, 0.1) is 0 Å². The minimum Gasteiger partial charge on any atom is -0.490 e. The van der Waals surface area contributed by atoms with Crippen LogP contribution in [0.4, 0.5) is 5.69 Å². The lowest BCUT2D eigenvalue weighted by Gasteiger charge is -2.32. The fourth-order valence-corrected chi connectivity index (χ4v) is 2.68. The van der Waals surface area contributed by atoms with Crippen LogP contribution >= 0.6 is 12.4 Å². The van der Waals surface area contributed by atoms with E-state index in [4.69, 9.17) is 10.5 Å². The summed E-state index contributed by atoms with van der Waals surface area (Å²) < 4.78 is 5.95. The van der Waals surface area contributed by atoms with Crippen molar-refractivity contribution in [3.8, 4) is 5.75 Å². The van der Waals surface area contributed by atoms with Gasteiger partial charge in [-0.2, -0.15) is 0 Å². The third-order valence-corrected chi connectivity index (χ3v) is 3.93. The number of hydrogen-bond donors (Lipinski definition) is 1. The topological polar surface area (TPSA) is 55.6 Å². The van der Waals surface area contributed by atoms with E-state index in [9.17, 15) is 4.79 Å². The monoisotopic (exact) mass is 332 g/mol. The first kappa shape index (κ1) is 17.2. The Bertz CT molecular complexity index is 623. The summed E-state index contributed by atoms with van der Waals surface area (Å²) in [5.74, 6) is 0.962. The van der Waals surface area contributed by atoms with Crippen LogP contribution in [0.15, 0.2) is 54.6 Å². The molecule has 1 aliphatic rings. The molecular formula is C18H21ClN2O2. The van der Waals surface area contributed by atoms with Crippen LogP contribution in [0.1, 0.15) is 23.2 Å². The summed E-state index contributed by atoms with van der Waals surface area (Å²) in [5.41, 5.74) is 7.02. The van der Waals surface area contributed by atoms with E-state index >= 15 is 0 Å². The molecule has 23 heavy (non-hydrogen) atoms. The number of nitrogens with zero attached hydrogens (tertiary/aromatic N) is 1. The van der Waals surface area contributed by atoms with Crippen LogP contribution in [0.5, 0.6) is 5.75 Å². The number of likely N-dealkylation sites (tertiary alicyclic amines) is 1. The molecule has 1 heterocycles. The molecule has 2 N–H and O–H groups in total. The predicted molar refractivity (Wildman–Crippen MR) is 94.1 cm³/mol. The maximum absolute atomic E-state index is 12.4. The second-order valence-corrected chi connectivity index (χ2v) is 5.54. The Morgan fingerprint density at radius 2 is 1.61 bits per heavy atom. The highest BCUT2D eigenvalue weighted by atomic mass is 35.5. The summed E-state index contributed by atoms with van der Waals surface area (Å²) in [7, 11) is 0. The first-order chi connectivity index (χ1) is 10.7. The number of nitrogens with two attached hydrogens (primary N) is 1. The molecule has 4 nitrogen and oxygen atoms in total. The summed E-state index contributed by atoms with van der Waals surface area (Å²) in [6.07, 6.45) is 1.89. The summed E-state index contributed by atoms with van der Waals surface area (Å²) in [5, 5.41) is 0. The Morgan fingerprint density at radius 3 is 2.22 bits per heavy atom. The van der Waals surface area contributed by atoms with Crippen molar-refractivity contribution in [3.63, 3.8) is 0 Å². The first-order valence-electron chi connectivity index (χ1n) is 7.59. The van der Waals surface area contributed by atoms with Crippen molar-refractivity contribution in [2.75, 3.05) is 18.8 Å². The van der Waals surface area contributed by atoms with Gasteiger partial charge in [-0.1, -0.05) is 18.2 Å². The van der Waals surface area contributed by atoms with E-state index in [1.165, 1.54) is 0 Å². The minimum atomic E-state index is 0. The average Bonchev–Trinajstić information content (AvgIpc) is 2.57. The highest BCUT2D eigenvalue weighted by molar-refractivity contribution is 5.94. The molecule has 0 bridgehead atoms. The van der Waals surface area contributed by atoms with E-state index in [0.29, 0.717) is 11.3 Å². The van der Waals surface area contributed by atoms with Gasteiger partial charge in [-0.3, -0.25) is 4.79 Å². The van der Waals surface area contributed by atoms with Gasteiger partial charge in [-0.25, -0.2) is 0 Å². The zero-order chi connectivity index (χ0) is 15.4. The van der Waals surface area contributed by atoms with Crippen LogP contribution in [-0.2, 0) is 0 Å². The van der Waals surface area contributed by atoms with Crippen molar-refractivity contribution in [2.45, 2.75) is 18.9 Å². The van der Waals surface area contributed by atoms with Gasteiger partial charge in [0, 0.05) is 37.2 Å². The molecule has 0 radical (unpaired) electrons. The summed E-state index contributed by atoms with van der Waals surface area (Å²) in [6, 6.07) is 16.9. The zero-order valence-electron chi connectivity index (χ0n) is 12.9. The maximum Gasteiger partial charge on any atom is 0.253 e. The zero-order valence-corrected chi connectivity index (χ0v) is 13.7. The van der Waals surface area contributed by atoms with Gasteiger partial charge in [0.1, 0.15) is 11.9 Å². The Balaban J connectivity index is 0.00000192. The van der Waals surface area contributed by atoms with Gasteiger partial charge < -0.3 is 15.4 Å². The molecule has 3 rings (SSSR count).